The van der Waals surface area contributed by atoms with Crippen LogP contribution < -0.4 is 5.32 Å². The zero-order valence-corrected chi connectivity index (χ0v) is 11.3. The van der Waals surface area contributed by atoms with Crippen LogP contribution in [0.15, 0.2) is 24.5 Å². The van der Waals surface area contributed by atoms with Crippen LogP contribution in [0.1, 0.15) is 30.5 Å². The van der Waals surface area contributed by atoms with E-state index in [9.17, 15) is 0 Å². The van der Waals surface area contributed by atoms with Crippen molar-refractivity contribution in [2.45, 2.75) is 38.8 Å². The van der Waals surface area contributed by atoms with Crippen molar-refractivity contribution in [1.29, 1.82) is 0 Å². The summed E-state index contributed by atoms with van der Waals surface area (Å²) in [6.45, 7) is 3.16. The molecule has 0 bridgehead atoms. The van der Waals surface area contributed by atoms with Gasteiger partial charge in [-0.25, -0.2) is 4.98 Å². The molecule has 102 valence electrons. The molecule has 1 fully saturated rings. The first-order chi connectivity index (χ1) is 9.29. The van der Waals surface area contributed by atoms with Crippen LogP contribution in [0, 0.1) is 12.8 Å². The maximum absolute atomic E-state index is 9.12. The number of pyridine rings is 1. The lowest BCUT2D eigenvalue weighted by Crippen LogP contribution is -2.31. The normalized spacial score (nSPS) is 16.9. The standard InChI is InChI=1S/C15H21N3O/c1-11-3-2-7-18-13(10-17-15(11)18)9-16-14(6-8-19)12-4-5-12/h2-3,7,10,12,14,16,19H,4-6,8-9H2,1H3. The van der Waals surface area contributed by atoms with Crippen molar-refractivity contribution in [3.8, 4) is 0 Å². The Morgan fingerprint density at radius 2 is 2.37 bits per heavy atom. The van der Waals surface area contributed by atoms with Gasteiger partial charge in [-0.15, -0.1) is 0 Å². The fourth-order valence-corrected chi connectivity index (χ4v) is 2.71. The van der Waals surface area contributed by atoms with Crippen LogP contribution >= 0.6 is 0 Å². The molecular formula is C15H21N3O. The van der Waals surface area contributed by atoms with E-state index in [2.05, 4.69) is 40.0 Å². The van der Waals surface area contributed by atoms with Crippen molar-refractivity contribution < 1.29 is 5.11 Å². The second-order valence-electron chi connectivity index (χ2n) is 5.47. The summed E-state index contributed by atoms with van der Waals surface area (Å²) in [7, 11) is 0. The van der Waals surface area contributed by atoms with Crippen molar-refractivity contribution in [3.05, 3.63) is 35.8 Å². The Balaban J connectivity index is 1.72. The van der Waals surface area contributed by atoms with Crippen LogP contribution in [0.25, 0.3) is 5.65 Å². The van der Waals surface area contributed by atoms with Gasteiger partial charge in [-0.1, -0.05) is 6.07 Å². The highest BCUT2D eigenvalue weighted by Gasteiger charge is 2.30. The number of aromatic nitrogens is 2. The van der Waals surface area contributed by atoms with E-state index in [0.29, 0.717) is 6.04 Å². The molecule has 1 saturated carbocycles. The van der Waals surface area contributed by atoms with Gasteiger partial charge in [0.25, 0.3) is 0 Å². The fourth-order valence-electron chi connectivity index (χ4n) is 2.71. The highest BCUT2D eigenvalue weighted by Crippen LogP contribution is 2.34. The van der Waals surface area contributed by atoms with Crippen LogP contribution in [-0.2, 0) is 6.54 Å². The minimum atomic E-state index is 0.264. The van der Waals surface area contributed by atoms with E-state index >= 15 is 0 Å². The second kappa shape index (κ2) is 5.31. The molecule has 0 amide bonds. The molecule has 2 heterocycles. The van der Waals surface area contributed by atoms with Crippen molar-refractivity contribution in [3.63, 3.8) is 0 Å². The molecule has 3 rings (SSSR count). The lowest BCUT2D eigenvalue weighted by atomic mass is 10.1. The summed E-state index contributed by atoms with van der Waals surface area (Å²) in [5.74, 6) is 0.757. The van der Waals surface area contributed by atoms with Gasteiger partial charge in [0.2, 0.25) is 0 Å². The zero-order valence-electron chi connectivity index (χ0n) is 11.3. The number of aliphatic hydroxyl groups excluding tert-OH is 1. The largest absolute Gasteiger partial charge is 0.396 e. The minimum Gasteiger partial charge on any atom is -0.396 e. The molecule has 0 saturated heterocycles. The third-order valence-electron chi connectivity index (χ3n) is 3.98. The van der Waals surface area contributed by atoms with E-state index in [-0.39, 0.29) is 6.61 Å². The average Bonchev–Trinajstić information content (AvgIpc) is 3.16. The molecule has 19 heavy (non-hydrogen) atoms. The Bertz CT molecular complexity index is 560. The molecule has 2 aromatic heterocycles. The predicted molar refractivity (Wildman–Crippen MR) is 75.0 cm³/mol. The first-order valence-corrected chi connectivity index (χ1v) is 7.05. The topological polar surface area (TPSA) is 49.6 Å². The molecule has 1 aliphatic rings. The van der Waals surface area contributed by atoms with Gasteiger partial charge in [0.1, 0.15) is 5.65 Å². The Labute approximate surface area is 113 Å². The first kappa shape index (κ1) is 12.6. The number of fused-ring (bicyclic) bond motifs is 1. The lowest BCUT2D eigenvalue weighted by Gasteiger charge is -2.16. The molecule has 4 heteroatoms. The highest BCUT2D eigenvalue weighted by molar-refractivity contribution is 5.48. The van der Waals surface area contributed by atoms with Gasteiger partial charge < -0.3 is 14.8 Å². The predicted octanol–water partition coefficient (Wildman–Crippen LogP) is 1.89. The minimum absolute atomic E-state index is 0.264. The van der Waals surface area contributed by atoms with E-state index in [1.807, 2.05) is 6.20 Å². The van der Waals surface area contributed by atoms with Gasteiger partial charge in [-0.3, -0.25) is 0 Å². The van der Waals surface area contributed by atoms with E-state index in [1.165, 1.54) is 24.1 Å². The Morgan fingerprint density at radius 3 is 3.11 bits per heavy atom. The molecule has 2 aromatic rings. The van der Waals surface area contributed by atoms with E-state index in [0.717, 1.165) is 24.5 Å². The van der Waals surface area contributed by atoms with Gasteiger partial charge in [0.15, 0.2) is 0 Å². The van der Waals surface area contributed by atoms with Crippen LogP contribution in [-0.4, -0.2) is 27.1 Å². The van der Waals surface area contributed by atoms with Crippen molar-refractivity contribution in [1.82, 2.24) is 14.7 Å². The Hall–Kier alpha value is -1.39. The molecule has 0 aliphatic heterocycles. The number of hydrogen-bond acceptors (Lipinski definition) is 3. The average molecular weight is 259 g/mol. The number of rotatable bonds is 6. The molecule has 0 radical (unpaired) electrons. The number of aliphatic hydroxyl groups is 1. The lowest BCUT2D eigenvalue weighted by molar-refractivity contribution is 0.255. The van der Waals surface area contributed by atoms with Crippen LogP contribution in [0.3, 0.4) is 0 Å². The first-order valence-electron chi connectivity index (χ1n) is 7.05. The molecule has 4 nitrogen and oxygen atoms in total. The summed E-state index contributed by atoms with van der Waals surface area (Å²) in [5.41, 5.74) is 3.41. The molecule has 1 unspecified atom stereocenters. The van der Waals surface area contributed by atoms with Gasteiger partial charge in [-0.05, 0) is 43.7 Å². The summed E-state index contributed by atoms with van der Waals surface area (Å²) < 4.78 is 2.14. The van der Waals surface area contributed by atoms with Gasteiger partial charge in [0, 0.05) is 25.4 Å². The SMILES string of the molecule is Cc1cccn2c(CNC(CCO)C3CC3)cnc12. The monoisotopic (exact) mass is 259 g/mol. The smallest absolute Gasteiger partial charge is 0.139 e. The van der Waals surface area contributed by atoms with Crippen molar-refractivity contribution >= 4 is 5.65 Å². The maximum Gasteiger partial charge on any atom is 0.139 e. The zero-order chi connectivity index (χ0) is 13.2. The third-order valence-corrected chi connectivity index (χ3v) is 3.98. The molecular weight excluding hydrogens is 238 g/mol. The summed E-state index contributed by atoms with van der Waals surface area (Å²) >= 11 is 0. The Morgan fingerprint density at radius 1 is 1.53 bits per heavy atom. The summed E-state index contributed by atoms with van der Waals surface area (Å²) in [5, 5.41) is 12.7. The molecule has 2 N–H and O–H groups in total. The summed E-state index contributed by atoms with van der Waals surface area (Å²) in [4.78, 5) is 4.48. The number of nitrogens with zero attached hydrogens (tertiary/aromatic N) is 2. The van der Waals surface area contributed by atoms with Gasteiger partial charge in [-0.2, -0.15) is 0 Å². The van der Waals surface area contributed by atoms with Crippen molar-refractivity contribution in [2.24, 2.45) is 5.92 Å². The van der Waals surface area contributed by atoms with Crippen LogP contribution in [0.4, 0.5) is 0 Å². The molecule has 0 spiro atoms. The Kier molecular flexibility index (Phi) is 3.53. The highest BCUT2D eigenvalue weighted by atomic mass is 16.3. The van der Waals surface area contributed by atoms with E-state index < -0.39 is 0 Å². The number of hydrogen-bond donors (Lipinski definition) is 2. The number of nitrogens with one attached hydrogen (secondary N) is 1. The number of aryl methyl sites for hydroxylation is 1. The van der Waals surface area contributed by atoms with Crippen LogP contribution in [0.5, 0.6) is 0 Å². The van der Waals surface area contributed by atoms with Gasteiger partial charge in [0.05, 0.1) is 11.9 Å². The fraction of sp³-hybridized carbons (Fsp3) is 0.533. The number of imidazole rings is 1. The molecule has 0 aromatic carbocycles. The quantitative estimate of drug-likeness (QED) is 0.833. The van der Waals surface area contributed by atoms with E-state index in [4.69, 9.17) is 5.11 Å². The maximum atomic E-state index is 9.12. The van der Waals surface area contributed by atoms with E-state index in [1.54, 1.807) is 0 Å². The summed E-state index contributed by atoms with van der Waals surface area (Å²) in [6, 6.07) is 4.58. The second-order valence-corrected chi connectivity index (χ2v) is 5.47. The molecule has 1 atom stereocenters. The summed E-state index contributed by atoms with van der Waals surface area (Å²) in [6.07, 6.45) is 7.44. The third kappa shape index (κ3) is 2.65. The van der Waals surface area contributed by atoms with Gasteiger partial charge >= 0.3 is 0 Å². The molecule has 1 aliphatic carbocycles. The van der Waals surface area contributed by atoms with Crippen molar-refractivity contribution in [2.75, 3.05) is 6.61 Å². The van der Waals surface area contributed by atoms with Crippen LogP contribution in [0.2, 0.25) is 0 Å².